The molecule has 0 N–H and O–H groups in total. The zero-order valence-corrected chi connectivity index (χ0v) is 11.4. The maximum atomic E-state index is 11.8. The molecule has 5 heteroatoms. The lowest BCUT2D eigenvalue weighted by molar-refractivity contribution is -0.132. The molecule has 0 aromatic heterocycles. The zero-order chi connectivity index (χ0) is 13.8. The fourth-order valence-corrected chi connectivity index (χ4v) is 1.72. The monoisotopic (exact) mass is 254 g/mol. The quantitative estimate of drug-likeness (QED) is 0.704. The molecule has 1 fully saturated rings. The van der Waals surface area contributed by atoms with E-state index >= 15 is 0 Å². The molecule has 0 aromatic rings. The third-order valence-electron chi connectivity index (χ3n) is 2.60. The molecule has 0 aliphatic carbocycles. The number of rotatable bonds is 2. The highest BCUT2D eigenvalue weighted by Gasteiger charge is 2.27. The summed E-state index contributed by atoms with van der Waals surface area (Å²) in [5.41, 5.74) is -0.479. The van der Waals surface area contributed by atoms with Gasteiger partial charge in [0.15, 0.2) is 0 Å². The normalized spacial score (nSPS) is 16.4. The summed E-state index contributed by atoms with van der Waals surface area (Å²) >= 11 is 0. The lowest BCUT2D eigenvalue weighted by Crippen LogP contribution is -2.51. The molecule has 1 aliphatic rings. The van der Waals surface area contributed by atoms with Crippen LogP contribution in [0.5, 0.6) is 0 Å². The van der Waals surface area contributed by atoms with E-state index in [2.05, 4.69) is 6.58 Å². The van der Waals surface area contributed by atoms with Crippen LogP contribution in [0.2, 0.25) is 0 Å². The lowest BCUT2D eigenvalue weighted by Gasteiger charge is -2.35. The maximum absolute atomic E-state index is 11.8. The molecular weight excluding hydrogens is 232 g/mol. The number of nitrogens with zero attached hydrogens (tertiary/aromatic N) is 2. The van der Waals surface area contributed by atoms with E-state index in [0.717, 1.165) is 0 Å². The number of amides is 2. The van der Waals surface area contributed by atoms with Crippen molar-refractivity contribution < 1.29 is 14.3 Å². The van der Waals surface area contributed by atoms with Gasteiger partial charge in [-0.25, -0.2) is 4.79 Å². The zero-order valence-electron chi connectivity index (χ0n) is 11.4. The molecule has 0 saturated carbocycles. The van der Waals surface area contributed by atoms with Crippen LogP contribution in [0, 0.1) is 0 Å². The van der Waals surface area contributed by atoms with Crippen molar-refractivity contribution in [1.82, 2.24) is 9.80 Å². The van der Waals surface area contributed by atoms with Crippen LogP contribution in [0.1, 0.15) is 27.2 Å². The molecule has 2 amide bonds. The van der Waals surface area contributed by atoms with Crippen molar-refractivity contribution in [2.45, 2.75) is 32.8 Å². The maximum Gasteiger partial charge on any atom is 0.410 e. The van der Waals surface area contributed by atoms with E-state index in [1.807, 2.05) is 20.8 Å². The van der Waals surface area contributed by atoms with Crippen LogP contribution < -0.4 is 0 Å². The first-order valence-electron chi connectivity index (χ1n) is 6.20. The first-order chi connectivity index (χ1) is 8.33. The summed E-state index contributed by atoms with van der Waals surface area (Å²) in [5, 5.41) is 0. The molecule has 0 bridgehead atoms. The molecule has 102 valence electrons. The molecule has 5 nitrogen and oxygen atoms in total. The number of hydrogen-bond donors (Lipinski definition) is 0. The molecule has 0 atom stereocenters. The average Bonchev–Trinajstić information content (AvgIpc) is 2.27. The fraction of sp³-hybridized carbons (Fsp3) is 0.692. The van der Waals surface area contributed by atoms with Gasteiger partial charge in [-0.1, -0.05) is 6.08 Å². The van der Waals surface area contributed by atoms with Crippen LogP contribution in [-0.2, 0) is 9.53 Å². The Hall–Kier alpha value is -1.52. The predicted molar refractivity (Wildman–Crippen MR) is 69.2 cm³/mol. The SMILES string of the molecule is C=CCC(=O)N1CCN(C(=O)OC(C)(C)C)CC1. The number of carbonyl (C=O) groups excluding carboxylic acids is 2. The number of ether oxygens (including phenoxy) is 1. The van der Waals surface area contributed by atoms with Gasteiger partial charge >= 0.3 is 6.09 Å². The molecule has 0 radical (unpaired) electrons. The Morgan fingerprint density at radius 1 is 1.17 bits per heavy atom. The molecule has 1 rings (SSSR count). The van der Waals surface area contributed by atoms with Gasteiger partial charge in [-0.3, -0.25) is 4.79 Å². The predicted octanol–water partition coefficient (Wildman–Crippen LogP) is 1.64. The van der Waals surface area contributed by atoms with Gasteiger partial charge in [0.1, 0.15) is 5.60 Å². The molecule has 0 aromatic carbocycles. The molecule has 0 spiro atoms. The summed E-state index contributed by atoms with van der Waals surface area (Å²) in [7, 11) is 0. The topological polar surface area (TPSA) is 49.9 Å². The summed E-state index contributed by atoms with van der Waals surface area (Å²) in [4.78, 5) is 26.8. The summed E-state index contributed by atoms with van der Waals surface area (Å²) in [6.07, 6.45) is 1.65. The molecule has 18 heavy (non-hydrogen) atoms. The lowest BCUT2D eigenvalue weighted by atomic mass is 10.2. The molecule has 1 saturated heterocycles. The number of hydrogen-bond acceptors (Lipinski definition) is 3. The highest BCUT2D eigenvalue weighted by Crippen LogP contribution is 2.12. The van der Waals surface area contributed by atoms with Crippen molar-refractivity contribution in [3.8, 4) is 0 Å². The highest BCUT2D eigenvalue weighted by atomic mass is 16.6. The van der Waals surface area contributed by atoms with Gasteiger partial charge < -0.3 is 14.5 Å². The first kappa shape index (κ1) is 14.5. The second kappa shape index (κ2) is 5.89. The summed E-state index contributed by atoms with van der Waals surface area (Å²) in [6.45, 7) is 11.2. The number of piperazine rings is 1. The van der Waals surface area contributed by atoms with Crippen LogP contribution in [0.25, 0.3) is 0 Å². The van der Waals surface area contributed by atoms with E-state index < -0.39 is 5.60 Å². The Balaban J connectivity index is 2.42. The first-order valence-corrected chi connectivity index (χ1v) is 6.20. The smallest absolute Gasteiger partial charge is 0.410 e. The molecule has 0 unspecified atom stereocenters. The molecule has 1 aliphatic heterocycles. The summed E-state index contributed by atoms with van der Waals surface area (Å²) in [6, 6.07) is 0. The van der Waals surface area contributed by atoms with Crippen LogP contribution in [0.15, 0.2) is 12.7 Å². The fourth-order valence-electron chi connectivity index (χ4n) is 1.72. The second-order valence-electron chi connectivity index (χ2n) is 5.34. The largest absolute Gasteiger partial charge is 0.444 e. The van der Waals surface area contributed by atoms with Crippen molar-refractivity contribution in [1.29, 1.82) is 0 Å². The van der Waals surface area contributed by atoms with E-state index in [4.69, 9.17) is 4.74 Å². The van der Waals surface area contributed by atoms with E-state index in [0.29, 0.717) is 32.6 Å². The van der Waals surface area contributed by atoms with Crippen LogP contribution in [0.3, 0.4) is 0 Å². The van der Waals surface area contributed by atoms with E-state index in [-0.39, 0.29) is 12.0 Å². The molecule has 1 heterocycles. The van der Waals surface area contributed by atoms with Crippen LogP contribution in [0.4, 0.5) is 4.79 Å². The Bertz CT molecular complexity index is 326. The van der Waals surface area contributed by atoms with Crippen molar-refractivity contribution in [3.63, 3.8) is 0 Å². The van der Waals surface area contributed by atoms with Gasteiger partial charge in [0.25, 0.3) is 0 Å². The van der Waals surface area contributed by atoms with E-state index in [1.165, 1.54) is 0 Å². The Labute approximate surface area is 108 Å². The van der Waals surface area contributed by atoms with Gasteiger partial charge in [-0.2, -0.15) is 0 Å². The van der Waals surface area contributed by atoms with Crippen LogP contribution >= 0.6 is 0 Å². The van der Waals surface area contributed by atoms with Gasteiger partial charge in [0.05, 0.1) is 0 Å². The van der Waals surface area contributed by atoms with E-state index in [1.54, 1.807) is 15.9 Å². The highest BCUT2D eigenvalue weighted by molar-refractivity contribution is 5.78. The third kappa shape index (κ3) is 4.39. The van der Waals surface area contributed by atoms with Gasteiger partial charge in [0, 0.05) is 32.6 Å². The minimum Gasteiger partial charge on any atom is -0.444 e. The second-order valence-corrected chi connectivity index (χ2v) is 5.34. The standard InChI is InChI=1S/C13H22N2O3/c1-5-6-11(16)14-7-9-15(10-8-14)12(17)18-13(2,3)4/h5H,1,6-10H2,2-4H3. The van der Waals surface area contributed by atoms with Gasteiger partial charge in [-0.15, -0.1) is 6.58 Å². The van der Waals surface area contributed by atoms with E-state index in [9.17, 15) is 9.59 Å². The Kier molecular flexibility index (Phi) is 4.76. The van der Waals surface area contributed by atoms with Gasteiger partial charge in [0.2, 0.25) is 5.91 Å². The average molecular weight is 254 g/mol. The summed E-state index contributed by atoms with van der Waals surface area (Å²) < 4.78 is 5.29. The Morgan fingerprint density at radius 2 is 1.67 bits per heavy atom. The minimum atomic E-state index is -0.479. The van der Waals surface area contributed by atoms with Crippen molar-refractivity contribution >= 4 is 12.0 Å². The summed E-state index contributed by atoms with van der Waals surface area (Å²) in [5.74, 6) is 0.0637. The van der Waals surface area contributed by atoms with Gasteiger partial charge in [-0.05, 0) is 20.8 Å². The Morgan fingerprint density at radius 3 is 2.11 bits per heavy atom. The third-order valence-corrected chi connectivity index (χ3v) is 2.60. The van der Waals surface area contributed by atoms with Crippen molar-refractivity contribution in [2.75, 3.05) is 26.2 Å². The molecular formula is C13H22N2O3. The van der Waals surface area contributed by atoms with Crippen molar-refractivity contribution in [3.05, 3.63) is 12.7 Å². The van der Waals surface area contributed by atoms with Crippen molar-refractivity contribution in [2.24, 2.45) is 0 Å². The minimum absolute atomic E-state index is 0.0637. The number of carbonyl (C=O) groups is 2. The van der Waals surface area contributed by atoms with Crippen LogP contribution in [-0.4, -0.2) is 53.6 Å².